The van der Waals surface area contributed by atoms with Crippen LogP contribution in [-0.2, 0) is 0 Å². The summed E-state index contributed by atoms with van der Waals surface area (Å²) in [7, 11) is 1.97. The number of nitrogens with zero attached hydrogens (tertiary/aromatic N) is 1. The fraction of sp³-hybridized carbons (Fsp3) is 0.571. The molecule has 3 heteroatoms. The Morgan fingerprint density at radius 1 is 1.12 bits per heavy atom. The SMILES string of the molecule is Cc1cc(C)c(N(C)C(CO)CCO)c(C)c1. The van der Waals surface area contributed by atoms with E-state index in [1.807, 2.05) is 7.05 Å². The van der Waals surface area contributed by atoms with E-state index in [0.29, 0.717) is 6.42 Å². The van der Waals surface area contributed by atoms with Gasteiger partial charge < -0.3 is 15.1 Å². The highest BCUT2D eigenvalue weighted by molar-refractivity contribution is 5.60. The fourth-order valence-corrected chi connectivity index (χ4v) is 2.47. The molecule has 0 heterocycles. The summed E-state index contributed by atoms with van der Waals surface area (Å²) in [5, 5.41) is 18.4. The van der Waals surface area contributed by atoms with Crippen LogP contribution < -0.4 is 4.90 Å². The van der Waals surface area contributed by atoms with Gasteiger partial charge >= 0.3 is 0 Å². The van der Waals surface area contributed by atoms with Crippen molar-refractivity contribution in [2.45, 2.75) is 33.2 Å². The highest BCUT2D eigenvalue weighted by Gasteiger charge is 2.17. The molecule has 2 N–H and O–H groups in total. The van der Waals surface area contributed by atoms with Crippen LogP contribution in [0.5, 0.6) is 0 Å². The molecule has 1 aromatic rings. The lowest BCUT2D eigenvalue weighted by atomic mass is 10.0. The summed E-state index contributed by atoms with van der Waals surface area (Å²) in [5.74, 6) is 0. The smallest absolute Gasteiger partial charge is 0.0635 e. The van der Waals surface area contributed by atoms with Crippen LogP contribution >= 0.6 is 0 Å². The number of hydrogen-bond donors (Lipinski definition) is 2. The predicted molar refractivity (Wildman–Crippen MR) is 71.6 cm³/mol. The first-order valence-corrected chi connectivity index (χ1v) is 6.03. The van der Waals surface area contributed by atoms with Crippen LogP contribution in [0.1, 0.15) is 23.1 Å². The topological polar surface area (TPSA) is 43.7 Å². The van der Waals surface area contributed by atoms with Crippen LogP contribution in [0.25, 0.3) is 0 Å². The highest BCUT2D eigenvalue weighted by Crippen LogP contribution is 2.27. The van der Waals surface area contributed by atoms with Gasteiger partial charge in [-0.3, -0.25) is 0 Å². The minimum Gasteiger partial charge on any atom is -0.396 e. The Morgan fingerprint density at radius 2 is 1.65 bits per heavy atom. The minimum atomic E-state index is -0.0277. The van der Waals surface area contributed by atoms with Crippen molar-refractivity contribution in [3.63, 3.8) is 0 Å². The molecule has 0 amide bonds. The van der Waals surface area contributed by atoms with Gasteiger partial charge in [-0.25, -0.2) is 0 Å². The fourth-order valence-electron chi connectivity index (χ4n) is 2.47. The van der Waals surface area contributed by atoms with Crippen molar-refractivity contribution in [1.82, 2.24) is 0 Å². The molecule has 3 nitrogen and oxygen atoms in total. The van der Waals surface area contributed by atoms with Crippen molar-refractivity contribution < 1.29 is 10.2 Å². The molecule has 0 aliphatic rings. The minimum absolute atomic E-state index is 0.0277. The summed E-state index contributed by atoms with van der Waals surface area (Å²) >= 11 is 0. The maximum absolute atomic E-state index is 9.37. The third-order valence-corrected chi connectivity index (χ3v) is 3.21. The quantitative estimate of drug-likeness (QED) is 0.820. The van der Waals surface area contributed by atoms with E-state index in [4.69, 9.17) is 5.11 Å². The molecule has 0 aliphatic carbocycles. The van der Waals surface area contributed by atoms with E-state index in [9.17, 15) is 5.11 Å². The number of aliphatic hydroxyl groups excluding tert-OH is 2. The second-order valence-corrected chi connectivity index (χ2v) is 4.71. The van der Waals surface area contributed by atoms with Crippen molar-refractivity contribution in [3.8, 4) is 0 Å². The van der Waals surface area contributed by atoms with Crippen LogP contribution in [0.15, 0.2) is 12.1 Å². The van der Waals surface area contributed by atoms with Crippen molar-refractivity contribution in [2.75, 3.05) is 25.2 Å². The number of hydrogen-bond acceptors (Lipinski definition) is 3. The molecule has 0 aliphatic heterocycles. The van der Waals surface area contributed by atoms with Crippen molar-refractivity contribution in [1.29, 1.82) is 0 Å². The van der Waals surface area contributed by atoms with E-state index in [1.54, 1.807) is 0 Å². The molecule has 0 bridgehead atoms. The maximum Gasteiger partial charge on any atom is 0.0635 e. The number of anilines is 1. The molecule has 1 aromatic carbocycles. The van der Waals surface area contributed by atoms with Crippen LogP contribution in [0.4, 0.5) is 5.69 Å². The zero-order valence-electron chi connectivity index (χ0n) is 11.2. The van der Waals surface area contributed by atoms with Crippen LogP contribution in [0, 0.1) is 20.8 Å². The lowest BCUT2D eigenvalue weighted by molar-refractivity contribution is 0.218. The molecule has 0 aromatic heterocycles. The van der Waals surface area contributed by atoms with E-state index in [1.165, 1.54) is 16.7 Å². The van der Waals surface area contributed by atoms with Gasteiger partial charge in [0.05, 0.1) is 12.6 Å². The molecule has 96 valence electrons. The first-order valence-electron chi connectivity index (χ1n) is 6.03. The van der Waals surface area contributed by atoms with Gasteiger partial charge in [0, 0.05) is 19.3 Å². The standard InChI is InChI=1S/C14H23NO2/c1-10-7-11(2)14(12(3)8-10)15(4)13(9-17)5-6-16/h7-8,13,16-17H,5-6,9H2,1-4H3. The van der Waals surface area contributed by atoms with Gasteiger partial charge in [-0.05, 0) is 38.3 Å². The third-order valence-electron chi connectivity index (χ3n) is 3.21. The van der Waals surface area contributed by atoms with Gasteiger partial charge in [0.25, 0.3) is 0 Å². The first kappa shape index (κ1) is 14.0. The lowest BCUT2D eigenvalue weighted by Gasteiger charge is -2.31. The van der Waals surface area contributed by atoms with E-state index in [2.05, 4.69) is 37.8 Å². The van der Waals surface area contributed by atoms with Crippen molar-refractivity contribution >= 4 is 5.69 Å². The zero-order chi connectivity index (χ0) is 13.0. The Kier molecular flexibility index (Phi) is 4.97. The number of aliphatic hydroxyl groups is 2. The number of aryl methyl sites for hydroxylation is 3. The van der Waals surface area contributed by atoms with Crippen molar-refractivity contribution in [3.05, 3.63) is 28.8 Å². The second kappa shape index (κ2) is 6.03. The summed E-state index contributed by atoms with van der Waals surface area (Å²) in [4.78, 5) is 2.07. The highest BCUT2D eigenvalue weighted by atomic mass is 16.3. The van der Waals surface area contributed by atoms with Gasteiger partial charge in [0.2, 0.25) is 0 Å². The Balaban J connectivity index is 3.06. The molecule has 1 unspecified atom stereocenters. The maximum atomic E-state index is 9.37. The van der Waals surface area contributed by atoms with Crippen molar-refractivity contribution in [2.24, 2.45) is 0 Å². The number of rotatable bonds is 5. The second-order valence-electron chi connectivity index (χ2n) is 4.71. The van der Waals surface area contributed by atoms with E-state index < -0.39 is 0 Å². The molecule has 0 radical (unpaired) electrons. The van der Waals surface area contributed by atoms with Crippen LogP contribution in [0.3, 0.4) is 0 Å². The Bertz CT molecular complexity index is 353. The van der Waals surface area contributed by atoms with Gasteiger partial charge in [-0.15, -0.1) is 0 Å². The molecule has 0 saturated heterocycles. The third kappa shape index (κ3) is 3.20. The summed E-state index contributed by atoms with van der Waals surface area (Å²) < 4.78 is 0. The first-order chi connectivity index (χ1) is 8.01. The van der Waals surface area contributed by atoms with Gasteiger partial charge in [-0.1, -0.05) is 17.7 Å². The van der Waals surface area contributed by atoms with E-state index in [-0.39, 0.29) is 19.3 Å². The van der Waals surface area contributed by atoms with E-state index in [0.717, 1.165) is 5.69 Å². The van der Waals surface area contributed by atoms with Gasteiger partial charge in [-0.2, -0.15) is 0 Å². The summed E-state index contributed by atoms with van der Waals surface area (Å²) in [6, 6.07) is 4.26. The molecule has 0 spiro atoms. The number of likely N-dealkylation sites (N-methyl/N-ethyl adjacent to an activating group) is 1. The number of benzene rings is 1. The monoisotopic (exact) mass is 237 g/mol. The molecular formula is C14H23NO2. The van der Waals surface area contributed by atoms with E-state index >= 15 is 0 Å². The molecule has 0 saturated carbocycles. The van der Waals surface area contributed by atoms with Gasteiger partial charge in [0.1, 0.15) is 0 Å². The molecule has 1 rings (SSSR count). The molecule has 17 heavy (non-hydrogen) atoms. The largest absolute Gasteiger partial charge is 0.396 e. The lowest BCUT2D eigenvalue weighted by Crippen LogP contribution is -2.36. The van der Waals surface area contributed by atoms with Gasteiger partial charge in [0.15, 0.2) is 0 Å². The van der Waals surface area contributed by atoms with Crippen LogP contribution in [0.2, 0.25) is 0 Å². The Morgan fingerprint density at radius 3 is 2.06 bits per heavy atom. The summed E-state index contributed by atoms with van der Waals surface area (Å²) in [6.45, 7) is 6.41. The Hall–Kier alpha value is -1.06. The molecule has 0 fully saturated rings. The van der Waals surface area contributed by atoms with Crippen LogP contribution in [-0.4, -0.2) is 36.5 Å². The molecule has 1 atom stereocenters. The Labute approximate surface area is 104 Å². The predicted octanol–water partition coefficient (Wildman–Crippen LogP) is 1.79. The molecular weight excluding hydrogens is 214 g/mol. The normalized spacial score (nSPS) is 12.6. The summed E-state index contributed by atoms with van der Waals surface area (Å²) in [5.41, 5.74) is 4.82. The zero-order valence-corrected chi connectivity index (χ0v) is 11.2. The average molecular weight is 237 g/mol. The average Bonchev–Trinajstić information content (AvgIpc) is 2.24. The summed E-state index contributed by atoms with van der Waals surface area (Å²) in [6.07, 6.45) is 0.583.